The zero-order valence-corrected chi connectivity index (χ0v) is 28.8. The number of nitrogens with zero attached hydrogens (tertiary/aromatic N) is 6. The molecule has 1 aliphatic heterocycles. The van der Waals surface area contributed by atoms with Crippen LogP contribution in [0.25, 0.3) is 0 Å². The van der Waals surface area contributed by atoms with Gasteiger partial charge in [0.2, 0.25) is 0 Å². The largest absolute Gasteiger partial charge is 0.497 e. The van der Waals surface area contributed by atoms with E-state index in [-0.39, 0.29) is 36.1 Å². The van der Waals surface area contributed by atoms with Crippen LogP contribution in [0.15, 0.2) is 60.0 Å². The third-order valence-electron chi connectivity index (χ3n) is 9.17. The zero-order chi connectivity index (χ0) is 35.4. The van der Waals surface area contributed by atoms with Gasteiger partial charge >= 0.3 is 5.82 Å². The molecule has 14 nitrogen and oxygen atoms in total. The third kappa shape index (κ3) is 7.21. The number of benzene rings is 2. The summed E-state index contributed by atoms with van der Waals surface area (Å²) in [6.45, 7) is 1.96. The molecule has 3 atom stereocenters. The van der Waals surface area contributed by atoms with E-state index in [1.165, 1.54) is 43.6 Å². The number of aromatic nitrogens is 4. The molecule has 0 radical (unpaired) electrons. The average Bonchev–Trinajstić information content (AvgIpc) is 3.59. The standard InChI is InChI=1S/C34H39FN6O8S/c1-22-16-31(50(44,45)40(32-13-14-36-21-37-32)19-23-11-12-24(46-2)17-30(23)47-3)27(35)18-29(22)49-28-9-5-4-8-25(28)26-20-39(38-34(26)41(42)43)33-10-6-7-15-48-33/h11-14,16-18,20-21,25,28,33H,4-10,15,19H2,1-3H3/t25-,28+,33?/m1/s1. The molecule has 50 heavy (non-hydrogen) atoms. The van der Waals surface area contributed by atoms with Crippen molar-refractivity contribution < 1.29 is 36.7 Å². The Morgan fingerprint density at radius 1 is 1.06 bits per heavy atom. The highest BCUT2D eigenvalue weighted by molar-refractivity contribution is 7.92. The molecular formula is C34H39FN6O8S. The minimum absolute atomic E-state index is 0.0288. The first-order valence-electron chi connectivity index (χ1n) is 16.4. The molecule has 2 fully saturated rings. The average molecular weight is 711 g/mol. The van der Waals surface area contributed by atoms with Gasteiger partial charge in [0.1, 0.15) is 46.2 Å². The van der Waals surface area contributed by atoms with Crippen molar-refractivity contribution in [3.63, 3.8) is 0 Å². The zero-order valence-electron chi connectivity index (χ0n) is 28.0. The first-order valence-corrected chi connectivity index (χ1v) is 17.9. The van der Waals surface area contributed by atoms with E-state index < -0.39 is 31.8 Å². The molecule has 2 aliphatic rings. The summed E-state index contributed by atoms with van der Waals surface area (Å²) in [6.07, 6.45) is 8.76. The van der Waals surface area contributed by atoms with Gasteiger partial charge in [-0.25, -0.2) is 27.1 Å². The number of hydrogen-bond acceptors (Lipinski definition) is 11. The van der Waals surface area contributed by atoms with E-state index in [2.05, 4.69) is 15.1 Å². The molecule has 0 N–H and O–H groups in total. The van der Waals surface area contributed by atoms with Gasteiger partial charge in [-0.1, -0.05) is 6.42 Å². The summed E-state index contributed by atoms with van der Waals surface area (Å²) in [7, 11) is -1.59. The molecule has 0 spiro atoms. The van der Waals surface area contributed by atoms with Gasteiger partial charge in [0.25, 0.3) is 10.0 Å². The third-order valence-corrected chi connectivity index (χ3v) is 10.9. The van der Waals surface area contributed by atoms with Crippen LogP contribution in [0.3, 0.4) is 0 Å². The first kappa shape index (κ1) is 35.0. The van der Waals surface area contributed by atoms with Crippen molar-refractivity contribution in [2.24, 2.45) is 0 Å². The monoisotopic (exact) mass is 710 g/mol. The molecule has 1 saturated carbocycles. The summed E-state index contributed by atoms with van der Waals surface area (Å²) >= 11 is 0. The van der Waals surface area contributed by atoms with Gasteiger partial charge < -0.3 is 29.1 Å². The summed E-state index contributed by atoms with van der Waals surface area (Å²) in [5.41, 5.74) is 1.31. The van der Waals surface area contributed by atoms with Crippen molar-refractivity contribution in [2.75, 3.05) is 25.1 Å². The molecule has 2 aromatic heterocycles. The quantitative estimate of drug-likeness (QED) is 0.121. The number of anilines is 1. The van der Waals surface area contributed by atoms with Crippen LogP contribution in [0, 0.1) is 22.9 Å². The highest BCUT2D eigenvalue weighted by atomic mass is 32.2. The van der Waals surface area contributed by atoms with E-state index in [1.807, 2.05) is 0 Å². The molecule has 1 unspecified atom stereocenters. The van der Waals surface area contributed by atoms with Crippen LogP contribution in [0.2, 0.25) is 0 Å². The second-order valence-electron chi connectivity index (χ2n) is 12.3. The number of rotatable bonds is 12. The van der Waals surface area contributed by atoms with E-state index in [0.29, 0.717) is 54.1 Å². The molecule has 16 heteroatoms. The molecule has 1 saturated heterocycles. The van der Waals surface area contributed by atoms with E-state index in [4.69, 9.17) is 18.9 Å². The maximum atomic E-state index is 16.1. The number of ether oxygens (including phenoxy) is 4. The molecule has 1 aliphatic carbocycles. The summed E-state index contributed by atoms with van der Waals surface area (Å²) in [5, 5.41) is 16.4. The molecule has 0 amide bonds. The second kappa shape index (κ2) is 15.0. The van der Waals surface area contributed by atoms with Crippen LogP contribution in [-0.2, 0) is 21.3 Å². The Kier molecular flexibility index (Phi) is 10.5. The lowest BCUT2D eigenvalue weighted by Gasteiger charge is -2.32. The molecular weight excluding hydrogens is 671 g/mol. The molecule has 4 aromatic rings. The fourth-order valence-electron chi connectivity index (χ4n) is 6.57. The SMILES string of the molecule is COc1ccc(CN(c2ccncn2)S(=O)(=O)c2cc(C)c(O[C@H]3CCCC[C@@H]3c3cn(C4CCCCO4)nc3[N+](=O)[O-])cc2F)c(OC)c1. The minimum atomic E-state index is -4.55. The lowest BCUT2D eigenvalue weighted by atomic mass is 9.82. The maximum absolute atomic E-state index is 16.1. The summed E-state index contributed by atoms with van der Waals surface area (Å²) in [6, 6.07) is 8.67. The minimum Gasteiger partial charge on any atom is -0.497 e. The topological polar surface area (TPSA) is 161 Å². The number of aryl methyl sites for hydroxylation is 1. The van der Waals surface area contributed by atoms with Gasteiger partial charge in [0.05, 0.1) is 37.6 Å². The maximum Gasteiger partial charge on any atom is 0.393 e. The number of nitro groups is 1. The molecule has 2 aromatic carbocycles. The van der Waals surface area contributed by atoms with E-state index in [9.17, 15) is 18.5 Å². The van der Waals surface area contributed by atoms with E-state index in [1.54, 1.807) is 31.3 Å². The highest BCUT2D eigenvalue weighted by Crippen LogP contribution is 2.41. The van der Waals surface area contributed by atoms with Gasteiger partial charge in [-0.05, 0) is 74.1 Å². The predicted octanol–water partition coefficient (Wildman–Crippen LogP) is 6.25. The van der Waals surface area contributed by atoms with Gasteiger partial charge in [-0.3, -0.25) is 0 Å². The Bertz CT molecular complexity index is 1940. The molecule has 266 valence electrons. The van der Waals surface area contributed by atoms with Crippen molar-refractivity contribution in [3.05, 3.63) is 87.7 Å². The van der Waals surface area contributed by atoms with Crippen LogP contribution >= 0.6 is 0 Å². The predicted molar refractivity (Wildman–Crippen MR) is 179 cm³/mol. The van der Waals surface area contributed by atoms with E-state index >= 15 is 4.39 Å². The van der Waals surface area contributed by atoms with Gasteiger partial charge in [0, 0.05) is 42.5 Å². The molecule has 0 bridgehead atoms. The van der Waals surface area contributed by atoms with Gasteiger partial charge in [0.15, 0.2) is 6.23 Å². The Balaban J connectivity index is 1.31. The summed E-state index contributed by atoms with van der Waals surface area (Å²) in [4.78, 5) is 19.1. The Hall–Kier alpha value is -4.83. The van der Waals surface area contributed by atoms with Crippen LogP contribution < -0.4 is 18.5 Å². The van der Waals surface area contributed by atoms with Crippen molar-refractivity contribution >= 4 is 21.7 Å². The molecule has 6 rings (SSSR count). The van der Waals surface area contributed by atoms with Crippen LogP contribution in [-0.4, -0.2) is 60.0 Å². The van der Waals surface area contributed by atoms with Crippen LogP contribution in [0.5, 0.6) is 17.2 Å². The van der Waals surface area contributed by atoms with Crippen molar-refractivity contribution in [1.82, 2.24) is 19.7 Å². The lowest BCUT2D eigenvalue weighted by molar-refractivity contribution is -0.391. The normalized spacial score (nSPS) is 19.5. The number of halogens is 1. The van der Waals surface area contributed by atoms with Gasteiger partial charge in [-0.2, -0.15) is 4.68 Å². The Labute approximate surface area is 289 Å². The van der Waals surface area contributed by atoms with Crippen molar-refractivity contribution in [2.45, 2.75) is 81.6 Å². The van der Waals surface area contributed by atoms with Gasteiger partial charge in [-0.15, -0.1) is 0 Å². The summed E-state index contributed by atoms with van der Waals surface area (Å²) in [5.74, 6) is -0.593. The number of methoxy groups -OCH3 is 2. The Morgan fingerprint density at radius 3 is 2.56 bits per heavy atom. The van der Waals surface area contributed by atoms with Crippen LogP contribution in [0.4, 0.5) is 16.0 Å². The second-order valence-corrected chi connectivity index (χ2v) is 14.1. The summed E-state index contributed by atoms with van der Waals surface area (Å²) < 4.78 is 70.1. The fraction of sp³-hybridized carbons (Fsp3) is 0.441. The Morgan fingerprint density at radius 2 is 1.86 bits per heavy atom. The van der Waals surface area contributed by atoms with Crippen molar-refractivity contribution in [3.8, 4) is 17.2 Å². The number of hydrogen-bond donors (Lipinski definition) is 0. The fourth-order valence-corrected chi connectivity index (χ4v) is 8.11. The highest BCUT2D eigenvalue weighted by Gasteiger charge is 2.38. The molecule has 3 heterocycles. The lowest BCUT2D eigenvalue weighted by Crippen LogP contribution is -2.32. The first-order chi connectivity index (χ1) is 24.1. The smallest absolute Gasteiger partial charge is 0.393 e. The number of sulfonamides is 1. The van der Waals surface area contributed by atoms with Crippen molar-refractivity contribution in [1.29, 1.82) is 0 Å². The van der Waals surface area contributed by atoms with Crippen LogP contribution in [0.1, 0.15) is 73.8 Å². The van der Waals surface area contributed by atoms with E-state index in [0.717, 1.165) is 36.1 Å².